The van der Waals surface area contributed by atoms with E-state index in [4.69, 9.17) is 9.41 Å². The van der Waals surface area contributed by atoms with Gasteiger partial charge in [-0.25, -0.2) is 4.79 Å². The number of hydrogen-bond acceptors (Lipinski definition) is 3. The SMILES string of the molecule is O=c1oc2cccc(-c3ccc(C4=NC5(C=CC=CC5)CC4Cc4ccccc4)cc3)c2c2ccccc12. The van der Waals surface area contributed by atoms with Gasteiger partial charge < -0.3 is 4.42 Å². The Morgan fingerprint density at radius 1 is 0.789 bits per heavy atom. The van der Waals surface area contributed by atoms with Crippen LogP contribution in [-0.4, -0.2) is 11.3 Å². The Morgan fingerprint density at radius 3 is 2.34 bits per heavy atom. The molecule has 1 aliphatic carbocycles. The zero-order valence-corrected chi connectivity index (χ0v) is 21.0. The number of nitrogens with zero attached hydrogens (tertiary/aromatic N) is 1. The van der Waals surface area contributed by atoms with E-state index in [-0.39, 0.29) is 11.2 Å². The lowest BCUT2D eigenvalue weighted by Gasteiger charge is -2.23. The molecule has 0 radical (unpaired) electrons. The molecule has 7 rings (SSSR count). The molecular formula is C35H27NO2. The first-order valence-electron chi connectivity index (χ1n) is 13.2. The largest absolute Gasteiger partial charge is 0.422 e. The minimum absolute atomic E-state index is 0.145. The summed E-state index contributed by atoms with van der Waals surface area (Å²) in [6.45, 7) is 0. The Hall–Kier alpha value is -4.50. The van der Waals surface area contributed by atoms with Crippen molar-refractivity contribution in [3.63, 3.8) is 0 Å². The van der Waals surface area contributed by atoms with E-state index in [1.165, 1.54) is 16.8 Å². The zero-order chi connectivity index (χ0) is 25.5. The first-order chi connectivity index (χ1) is 18.7. The molecule has 0 fully saturated rings. The molecular weight excluding hydrogens is 466 g/mol. The van der Waals surface area contributed by atoms with Crippen LogP contribution in [0.25, 0.3) is 32.9 Å². The normalized spacial score (nSPS) is 20.4. The molecule has 2 unspecified atom stereocenters. The predicted molar refractivity (Wildman–Crippen MR) is 156 cm³/mol. The number of benzene rings is 4. The maximum Gasteiger partial charge on any atom is 0.344 e. The predicted octanol–water partition coefficient (Wildman–Crippen LogP) is 7.92. The summed E-state index contributed by atoms with van der Waals surface area (Å²) in [5.74, 6) is 0.357. The van der Waals surface area contributed by atoms with Crippen molar-refractivity contribution in [3.8, 4) is 11.1 Å². The van der Waals surface area contributed by atoms with Gasteiger partial charge in [-0.3, -0.25) is 4.99 Å². The number of rotatable bonds is 4. The molecule has 3 heteroatoms. The number of aliphatic imine (C=N–C) groups is 1. The molecule has 5 aromatic rings. The van der Waals surface area contributed by atoms with Crippen LogP contribution in [-0.2, 0) is 6.42 Å². The molecule has 1 spiro atoms. The molecule has 2 aliphatic rings. The van der Waals surface area contributed by atoms with E-state index in [2.05, 4.69) is 85.0 Å². The van der Waals surface area contributed by atoms with E-state index < -0.39 is 0 Å². The summed E-state index contributed by atoms with van der Waals surface area (Å²) in [6.07, 6.45) is 11.7. The van der Waals surface area contributed by atoms with Gasteiger partial charge in [-0.2, -0.15) is 0 Å². The molecule has 1 aromatic heterocycles. The highest BCUT2D eigenvalue weighted by atomic mass is 16.4. The highest BCUT2D eigenvalue weighted by molar-refractivity contribution is 6.12. The van der Waals surface area contributed by atoms with E-state index in [0.29, 0.717) is 16.9 Å². The smallest absolute Gasteiger partial charge is 0.344 e. The van der Waals surface area contributed by atoms with Gasteiger partial charge in [0.05, 0.1) is 10.9 Å². The zero-order valence-electron chi connectivity index (χ0n) is 21.0. The van der Waals surface area contributed by atoms with Crippen molar-refractivity contribution >= 4 is 27.5 Å². The van der Waals surface area contributed by atoms with E-state index in [0.717, 1.165) is 41.2 Å². The molecule has 1 aliphatic heterocycles. The fourth-order valence-corrected chi connectivity index (χ4v) is 6.14. The molecule has 38 heavy (non-hydrogen) atoms. The second-order valence-electron chi connectivity index (χ2n) is 10.4. The molecule has 2 atom stereocenters. The van der Waals surface area contributed by atoms with Crippen molar-refractivity contribution in [3.05, 3.63) is 143 Å². The van der Waals surface area contributed by atoms with Gasteiger partial charge in [-0.05, 0) is 53.6 Å². The van der Waals surface area contributed by atoms with Crippen LogP contribution in [0.1, 0.15) is 24.0 Å². The second-order valence-corrected chi connectivity index (χ2v) is 10.4. The lowest BCUT2D eigenvalue weighted by Crippen LogP contribution is -2.23. The maximum absolute atomic E-state index is 12.5. The molecule has 0 saturated heterocycles. The monoisotopic (exact) mass is 493 g/mol. The third kappa shape index (κ3) is 3.92. The second kappa shape index (κ2) is 9.11. The van der Waals surface area contributed by atoms with Gasteiger partial charge in [-0.15, -0.1) is 0 Å². The summed E-state index contributed by atoms with van der Waals surface area (Å²) in [6, 6.07) is 33.1. The van der Waals surface area contributed by atoms with Crippen molar-refractivity contribution in [1.29, 1.82) is 0 Å². The quantitative estimate of drug-likeness (QED) is 0.188. The lowest BCUT2D eigenvalue weighted by molar-refractivity contribution is 0.473. The highest BCUT2D eigenvalue weighted by Crippen LogP contribution is 2.40. The van der Waals surface area contributed by atoms with Crippen molar-refractivity contribution in [2.24, 2.45) is 10.9 Å². The van der Waals surface area contributed by atoms with Crippen LogP contribution in [0.4, 0.5) is 0 Å². The number of fused-ring (bicyclic) bond motifs is 3. The summed E-state index contributed by atoms with van der Waals surface area (Å²) in [7, 11) is 0. The summed E-state index contributed by atoms with van der Waals surface area (Å²) >= 11 is 0. The molecule has 0 amide bonds. The van der Waals surface area contributed by atoms with Crippen molar-refractivity contribution in [2.75, 3.05) is 0 Å². The van der Waals surface area contributed by atoms with Crippen LogP contribution < -0.4 is 5.63 Å². The van der Waals surface area contributed by atoms with Crippen LogP contribution in [0.2, 0.25) is 0 Å². The molecule has 0 saturated carbocycles. The van der Waals surface area contributed by atoms with Gasteiger partial charge >= 0.3 is 5.63 Å². The standard InChI is InChI=1S/C35H27NO2/c37-34-30-13-6-5-12-29(30)32-28(14-9-15-31(32)38-34)25-16-18-26(19-17-25)33-27(22-24-10-3-1-4-11-24)23-35(36-33)20-7-2-8-21-35/h1-20,27H,21-23H2. The Balaban J connectivity index is 1.30. The first kappa shape index (κ1) is 22.7. The lowest BCUT2D eigenvalue weighted by atomic mass is 9.81. The summed E-state index contributed by atoms with van der Waals surface area (Å²) in [4.78, 5) is 17.9. The average Bonchev–Trinajstić information content (AvgIpc) is 3.30. The van der Waals surface area contributed by atoms with Gasteiger partial charge in [0.15, 0.2) is 0 Å². The van der Waals surface area contributed by atoms with Crippen LogP contribution >= 0.6 is 0 Å². The highest BCUT2D eigenvalue weighted by Gasteiger charge is 2.39. The summed E-state index contributed by atoms with van der Waals surface area (Å²) in [5.41, 5.74) is 6.02. The topological polar surface area (TPSA) is 42.6 Å². The third-order valence-corrected chi connectivity index (χ3v) is 7.92. The molecule has 3 nitrogen and oxygen atoms in total. The van der Waals surface area contributed by atoms with Crippen LogP contribution in [0.15, 0.2) is 136 Å². The van der Waals surface area contributed by atoms with Gasteiger partial charge in [0.2, 0.25) is 0 Å². The Bertz CT molecular complexity index is 1810. The van der Waals surface area contributed by atoms with Gasteiger partial charge in [0.25, 0.3) is 0 Å². The number of allylic oxidation sites excluding steroid dienone is 2. The van der Waals surface area contributed by atoms with Crippen LogP contribution in [0.3, 0.4) is 0 Å². The fraction of sp³-hybridized carbons (Fsp3) is 0.143. The Morgan fingerprint density at radius 2 is 1.55 bits per heavy atom. The van der Waals surface area contributed by atoms with Crippen molar-refractivity contribution < 1.29 is 4.42 Å². The van der Waals surface area contributed by atoms with Crippen LogP contribution in [0.5, 0.6) is 0 Å². The molecule has 4 aromatic carbocycles. The Labute approximate surface area is 221 Å². The van der Waals surface area contributed by atoms with E-state index in [9.17, 15) is 4.79 Å². The third-order valence-electron chi connectivity index (χ3n) is 7.92. The maximum atomic E-state index is 12.5. The van der Waals surface area contributed by atoms with Crippen molar-refractivity contribution in [1.82, 2.24) is 0 Å². The number of hydrogen-bond donors (Lipinski definition) is 0. The van der Waals surface area contributed by atoms with Crippen LogP contribution in [0, 0.1) is 5.92 Å². The molecule has 0 bridgehead atoms. The van der Waals surface area contributed by atoms with Gasteiger partial charge in [0.1, 0.15) is 5.58 Å². The van der Waals surface area contributed by atoms with E-state index in [1.807, 2.05) is 36.4 Å². The average molecular weight is 494 g/mol. The minimum Gasteiger partial charge on any atom is -0.422 e. The van der Waals surface area contributed by atoms with Gasteiger partial charge in [-0.1, -0.05) is 109 Å². The Kier molecular flexibility index (Phi) is 5.44. The van der Waals surface area contributed by atoms with Gasteiger partial charge in [0, 0.05) is 22.4 Å². The van der Waals surface area contributed by atoms with E-state index in [1.54, 1.807) is 0 Å². The molecule has 0 N–H and O–H groups in total. The fourth-order valence-electron chi connectivity index (χ4n) is 6.14. The van der Waals surface area contributed by atoms with E-state index >= 15 is 0 Å². The first-order valence-corrected chi connectivity index (χ1v) is 13.2. The van der Waals surface area contributed by atoms with Crippen molar-refractivity contribution in [2.45, 2.75) is 24.8 Å². The molecule has 184 valence electrons. The summed E-state index contributed by atoms with van der Waals surface area (Å²) in [5, 5.41) is 2.49. The summed E-state index contributed by atoms with van der Waals surface area (Å²) < 4.78 is 5.69. The minimum atomic E-state index is -0.301. The molecule has 2 heterocycles.